The van der Waals surface area contributed by atoms with Gasteiger partial charge in [-0.2, -0.15) is 0 Å². The summed E-state index contributed by atoms with van der Waals surface area (Å²) in [5.74, 6) is -1.64. The lowest BCUT2D eigenvalue weighted by Crippen LogP contribution is -2.37. The zero-order valence-corrected chi connectivity index (χ0v) is 16.4. The van der Waals surface area contributed by atoms with Crippen molar-refractivity contribution in [3.8, 4) is 10.6 Å². The first-order valence-corrected chi connectivity index (χ1v) is 9.72. The molecule has 28 heavy (non-hydrogen) atoms. The van der Waals surface area contributed by atoms with Crippen molar-refractivity contribution in [3.05, 3.63) is 69.1 Å². The Kier molecular flexibility index (Phi) is 4.89. The number of carbonyl (C=O) groups is 3. The highest BCUT2D eigenvalue weighted by molar-refractivity contribution is 7.13. The molecule has 6 nitrogen and oxygen atoms in total. The van der Waals surface area contributed by atoms with Crippen LogP contribution in [-0.4, -0.2) is 34.2 Å². The van der Waals surface area contributed by atoms with Crippen LogP contribution in [-0.2, 0) is 4.79 Å². The first-order chi connectivity index (χ1) is 13.4. The van der Waals surface area contributed by atoms with Crippen LogP contribution in [0.3, 0.4) is 0 Å². The van der Waals surface area contributed by atoms with Crippen molar-refractivity contribution in [1.82, 2.24) is 9.88 Å². The van der Waals surface area contributed by atoms with Crippen LogP contribution in [0.1, 0.15) is 20.7 Å². The summed E-state index contributed by atoms with van der Waals surface area (Å²) in [7, 11) is 0. The van der Waals surface area contributed by atoms with Gasteiger partial charge in [0.15, 0.2) is 0 Å². The normalized spacial score (nSPS) is 13.0. The van der Waals surface area contributed by atoms with Gasteiger partial charge in [0.05, 0.1) is 21.2 Å². The lowest BCUT2D eigenvalue weighted by molar-refractivity contribution is -0.116. The van der Waals surface area contributed by atoms with E-state index in [1.54, 1.807) is 18.3 Å². The number of halogens is 2. The third-order valence-corrected chi connectivity index (χ3v) is 5.71. The number of thiazole rings is 1. The standard InChI is InChI=1S/C19H11Cl2N3O3S/c20-14-7-12-13(8-15(14)21)19(27)24(18(12)26)9-16(25)23-11-3-1-10(2-4-11)17-22-5-6-28-17/h1-8H,9H2,(H,23,25). The van der Waals surface area contributed by atoms with Gasteiger partial charge in [-0.05, 0) is 36.4 Å². The summed E-state index contributed by atoms with van der Waals surface area (Å²) < 4.78 is 0. The van der Waals surface area contributed by atoms with E-state index in [1.165, 1.54) is 23.5 Å². The third kappa shape index (κ3) is 3.40. The first-order valence-electron chi connectivity index (χ1n) is 8.09. The molecule has 0 saturated heterocycles. The van der Waals surface area contributed by atoms with Crippen molar-refractivity contribution in [2.75, 3.05) is 11.9 Å². The monoisotopic (exact) mass is 431 g/mol. The molecule has 9 heteroatoms. The number of aromatic nitrogens is 1. The maximum Gasteiger partial charge on any atom is 0.262 e. The lowest BCUT2D eigenvalue weighted by atomic mass is 10.1. The van der Waals surface area contributed by atoms with E-state index in [1.807, 2.05) is 17.5 Å². The Morgan fingerprint density at radius 3 is 2.18 bits per heavy atom. The van der Waals surface area contributed by atoms with E-state index < -0.39 is 24.3 Å². The Bertz CT molecular complexity index is 1060. The van der Waals surface area contributed by atoms with Crippen molar-refractivity contribution < 1.29 is 14.4 Å². The van der Waals surface area contributed by atoms with Gasteiger partial charge in [0.1, 0.15) is 11.6 Å². The molecular weight excluding hydrogens is 421 g/mol. The van der Waals surface area contributed by atoms with Gasteiger partial charge in [0, 0.05) is 22.8 Å². The highest BCUT2D eigenvalue weighted by Gasteiger charge is 2.37. The van der Waals surface area contributed by atoms with Crippen molar-refractivity contribution in [2.24, 2.45) is 0 Å². The third-order valence-electron chi connectivity index (χ3n) is 4.16. The molecule has 0 spiro atoms. The van der Waals surface area contributed by atoms with E-state index in [2.05, 4.69) is 10.3 Å². The van der Waals surface area contributed by atoms with Gasteiger partial charge < -0.3 is 5.32 Å². The van der Waals surface area contributed by atoms with E-state index in [4.69, 9.17) is 23.2 Å². The predicted octanol–water partition coefficient (Wildman–Crippen LogP) is 4.35. The molecule has 2 heterocycles. The van der Waals surface area contributed by atoms with Crippen LogP contribution in [0.25, 0.3) is 10.6 Å². The quantitative estimate of drug-likeness (QED) is 0.622. The second-order valence-electron chi connectivity index (χ2n) is 5.97. The molecule has 140 valence electrons. The average Bonchev–Trinajstić information content (AvgIpc) is 3.28. The Morgan fingerprint density at radius 1 is 1.04 bits per heavy atom. The van der Waals surface area contributed by atoms with Gasteiger partial charge in [-0.15, -0.1) is 11.3 Å². The number of hydrogen-bond acceptors (Lipinski definition) is 5. The second-order valence-corrected chi connectivity index (χ2v) is 7.68. The number of anilines is 1. The Labute approximate surface area is 173 Å². The number of imide groups is 1. The smallest absolute Gasteiger partial charge is 0.262 e. The molecule has 0 bridgehead atoms. The molecule has 0 saturated carbocycles. The number of amides is 3. The van der Waals surface area contributed by atoms with E-state index in [0.717, 1.165) is 15.5 Å². The van der Waals surface area contributed by atoms with Crippen molar-refractivity contribution in [1.29, 1.82) is 0 Å². The van der Waals surface area contributed by atoms with Gasteiger partial charge in [-0.25, -0.2) is 4.98 Å². The van der Waals surface area contributed by atoms with Crippen LogP contribution in [0.5, 0.6) is 0 Å². The number of nitrogens with one attached hydrogen (secondary N) is 1. The van der Waals surface area contributed by atoms with Crippen molar-refractivity contribution in [3.63, 3.8) is 0 Å². The van der Waals surface area contributed by atoms with Gasteiger partial charge in [0.25, 0.3) is 11.8 Å². The number of hydrogen-bond donors (Lipinski definition) is 1. The molecule has 1 aliphatic heterocycles. The zero-order valence-electron chi connectivity index (χ0n) is 14.1. The van der Waals surface area contributed by atoms with Crippen LogP contribution >= 0.6 is 34.5 Å². The maximum absolute atomic E-state index is 12.5. The Balaban J connectivity index is 1.45. The summed E-state index contributed by atoms with van der Waals surface area (Å²) in [4.78, 5) is 42.3. The number of benzene rings is 2. The van der Waals surface area contributed by atoms with Gasteiger partial charge >= 0.3 is 0 Å². The van der Waals surface area contributed by atoms with Crippen molar-refractivity contribution in [2.45, 2.75) is 0 Å². The predicted molar refractivity (Wildman–Crippen MR) is 108 cm³/mol. The van der Waals surface area contributed by atoms with E-state index >= 15 is 0 Å². The van der Waals surface area contributed by atoms with Crippen molar-refractivity contribution >= 4 is 57.9 Å². The maximum atomic E-state index is 12.5. The topological polar surface area (TPSA) is 79.4 Å². The first kappa shape index (κ1) is 18.6. The average molecular weight is 432 g/mol. The molecule has 0 atom stereocenters. The molecule has 1 aromatic heterocycles. The SMILES string of the molecule is O=C(CN1C(=O)c2cc(Cl)c(Cl)cc2C1=O)Nc1ccc(-c2nccs2)cc1. The molecule has 0 fully saturated rings. The van der Waals surface area contributed by atoms with Gasteiger partial charge in [-0.1, -0.05) is 23.2 Å². The molecule has 1 aliphatic rings. The largest absolute Gasteiger partial charge is 0.325 e. The fraction of sp³-hybridized carbons (Fsp3) is 0.0526. The summed E-state index contributed by atoms with van der Waals surface area (Å²) in [6.07, 6.45) is 1.72. The van der Waals surface area contributed by atoms with Crippen LogP contribution in [0.4, 0.5) is 5.69 Å². The van der Waals surface area contributed by atoms with Crippen LogP contribution in [0.15, 0.2) is 48.0 Å². The minimum atomic E-state index is -0.576. The summed E-state index contributed by atoms with van der Waals surface area (Å²) in [6.45, 7) is -0.407. The number of carbonyl (C=O) groups excluding carboxylic acids is 3. The highest BCUT2D eigenvalue weighted by Crippen LogP contribution is 2.31. The Hall–Kier alpha value is -2.74. The minimum absolute atomic E-state index is 0.139. The summed E-state index contributed by atoms with van der Waals surface area (Å²) >= 11 is 13.4. The van der Waals surface area contributed by atoms with Crippen LogP contribution in [0, 0.1) is 0 Å². The molecule has 4 rings (SSSR count). The molecule has 1 N–H and O–H groups in total. The lowest BCUT2D eigenvalue weighted by Gasteiger charge is -2.13. The minimum Gasteiger partial charge on any atom is -0.325 e. The number of fused-ring (bicyclic) bond motifs is 1. The summed E-state index contributed by atoms with van der Waals surface area (Å²) in [5.41, 5.74) is 1.76. The fourth-order valence-electron chi connectivity index (χ4n) is 2.83. The zero-order chi connectivity index (χ0) is 19.8. The summed E-state index contributed by atoms with van der Waals surface area (Å²) in [5, 5.41) is 5.78. The fourth-order valence-corrected chi connectivity index (χ4v) is 3.81. The van der Waals surface area contributed by atoms with Crippen LogP contribution in [0.2, 0.25) is 10.0 Å². The Morgan fingerprint density at radius 2 is 1.64 bits per heavy atom. The van der Waals surface area contributed by atoms with Gasteiger partial charge in [-0.3, -0.25) is 19.3 Å². The molecular formula is C19H11Cl2N3O3S. The van der Waals surface area contributed by atoms with Crippen LogP contribution < -0.4 is 5.32 Å². The molecule has 0 radical (unpaired) electrons. The molecule has 2 aromatic carbocycles. The number of nitrogens with zero attached hydrogens (tertiary/aromatic N) is 2. The molecule has 3 aromatic rings. The molecule has 0 unspecified atom stereocenters. The number of rotatable bonds is 4. The molecule has 3 amide bonds. The van der Waals surface area contributed by atoms with E-state index in [0.29, 0.717) is 5.69 Å². The second kappa shape index (κ2) is 7.35. The van der Waals surface area contributed by atoms with E-state index in [9.17, 15) is 14.4 Å². The van der Waals surface area contributed by atoms with E-state index in [-0.39, 0.29) is 21.2 Å². The highest BCUT2D eigenvalue weighted by atomic mass is 35.5. The van der Waals surface area contributed by atoms with Gasteiger partial charge in [0.2, 0.25) is 5.91 Å². The summed E-state index contributed by atoms with van der Waals surface area (Å²) in [6, 6.07) is 9.82. The molecule has 0 aliphatic carbocycles.